The molecular formula is C12H10BrNO2. The first-order chi connectivity index (χ1) is 7.60. The lowest BCUT2D eigenvalue weighted by molar-refractivity contribution is 0.0995. The highest BCUT2D eigenvalue weighted by atomic mass is 79.9. The highest BCUT2D eigenvalue weighted by Gasteiger charge is 2.16. The lowest BCUT2D eigenvalue weighted by Crippen LogP contribution is -2.13. The number of hydrogen-bond donors (Lipinski definition) is 0. The van der Waals surface area contributed by atoms with Crippen LogP contribution in [0.15, 0.2) is 18.2 Å². The van der Waals surface area contributed by atoms with Crippen molar-refractivity contribution in [3.05, 3.63) is 34.9 Å². The van der Waals surface area contributed by atoms with Crippen LogP contribution in [-0.2, 0) is 6.42 Å². The summed E-state index contributed by atoms with van der Waals surface area (Å²) in [6, 6.07) is 6.78. The predicted molar refractivity (Wildman–Crippen MR) is 63.9 cm³/mol. The van der Waals surface area contributed by atoms with E-state index < -0.39 is 0 Å². The third kappa shape index (κ3) is 2.77. The Morgan fingerprint density at radius 1 is 1.62 bits per heavy atom. The van der Waals surface area contributed by atoms with Gasteiger partial charge in [0.1, 0.15) is 6.29 Å². The second-order valence-electron chi connectivity index (χ2n) is 3.35. The molecule has 0 amide bonds. The Morgan fingerprint density at radius 2 is 2.31 bits per heavy atom. The molecule has 0 fully saturated rings. The minimum atomic E-state index is -0.327. The maximum absolute atomic E-state index is 11.8. The smallest absolute Gasteiger partial charge is 0.176 e. The molecule has 0 aliphatic rings. The largest absolute Gasteiger partial charge is 0.298 e. The van der Waals surface area contributed by atoms with Gasteiger partial charge in [-0.15, -0.1) is 0 Å². The zero-order chi connectivity index (χ0) is 12.1. The number of nitrogens with zero attached hydrogens (tertiary/aromatic N) is 1. The van der Waals surface area contributed by atoms with Crippen LogP contribution in [0.3, 0.4) is 0 Å². The SMILES string of the molecule is CC(Br)C(=O)c1cc(C=O)ccc1CC#N. The van der Waals surface area contributed by atoms with Crippen molar-refractivity contribution >= 4 is 28.0 Å². The van der Waals surface area contributed by atoms with Crippen molar-refractivity contribution in [2.24, 2.45) is 0 Å². The van der Waals surface area contributed by atoms with E-state index in [1.807, 2.05) is 6.07 Å². The summed E-state index contributed by atoms with van der Waals surface area (Å²) in [5.41, 5.74) is 1.54. The van der Waals surface area contributed by atoms with Crippen LogP contribution in [0.1, 0.15) is 33.2 Å². The van der Waals surface area contributed by atoms with Crippen molar-refractivity contribution in [3.8, 4) is 6.07 Å². The maximum atomic E-state index is 11.8. The first-order valence-corrected chi connectivity index (χ1v) is 5.65. The summed E-state index contributed by atoms with van der Waals surface area (Å²) in [4.78, 5) is 22.1. The van der Waals surface area contributed by atoms with Gasteiger partial charge in [-0.05, 0) is 18.6 Å². The van der Waals surface area contributed by atoms with Gasteiger partial charge >= 0.3 is 0 Å². The van der Waals surface area contributed by atoms with Crippen molar-refractivity contribution in [1.82, 2.24) is 0 Å². The first-order valence-electron chi connectivity index (χ1n) is 4.73. The predicted octanol–water partition coefficient (Wildman–Crippen LogP) is 2.53. The van der Waals surface area contributed by atoms with Crippen molar-refractivity contribution in [2.75, 3.05) is 0 Å². The van der Waals surface area contributed by atoms with Crippen LogP contribution >= 0.6 is 15.9 Å². The first kappa shape index (κ1) is 12.6. The van der Waals surface area contributed by atoms with Gasteiger partial charge in [-0.1, -0.05) is 28.1 Å². The van der Waals surface area contributed by atoms with Crippen molar-refractivity contribution < 1.29 is 9.59 Å². The van der Waals surface area contributed by atoms with Gasteiger partial charge in [-0.2, -0.15) is 5.26 Å². The fraction of sp³-hybridized carbons (Fsp3) is 0.250. The molecule has 1 rings (SSSR count). The third-order valence-electron chi connectivity index (χ3n) is 2.17. The topological polar surface area (TPSA) is 57.9 Å². The number of halogens is 1. The number of hydrogen-bond acceptors (Lipinski definition) is 3. The summed E-state index contributed by atoms with van der Waals surface area (Å²) in [5, 5.41) is 8.65. The summed E-state index contributed by atoms with van der Waals surface area (Å²) in [6.45, 7) is 1.71. The molecule has 0 saturated carbocycles. The van der Waals surface area contributed by atoms with Crippen LogP contribution < -0.4 is 0 Å². The standard InChI is InChI=1S/C12H10BrNO2/c1-8(13)12(16)11-6-9(7-15)2-3-10(11)4-5-14/h2-3,6-8H,4H2,1H3. The van der Waals surface area contributed by atoms with Gasteiger partial charge in [0.25, 0.3) is 0 Å². The van der Waals surface area contributed by atoms with Crippen molar-refractivity contribution in [1.29, 1.82) is 5.26 Å². The van der Waals surface area contributed by atoms with E-state index in [9.17, 15) is 9.59 Å². The average Bonchev–Trinajstić information content (AvgIpc) is 2.29. The Kier molecular flexibility index (Phi) is 4.39. The van der Waals surface area contributed by atoms with E-state index in [1.54, 1.807) is 19.1 Å². The minimum absolute atomic E-state index is 0.117. The van der Waals surface area contributed by atoms with Gasteiger partial charge in [0.2, 0.25) is 0 Å². The molecule has 0 aliphatic carbocycles. The Morgan fingerprint density at radius 3 is 2.81 bits per heavy atom. The van der Waals surface area contributed by atoms with Crippen LogP contribution in [0.2, 0.25) is 0 Å². The Balaban J connectivity index is 3.26. The van der Waals surface area contributed by atoms with Crippen molar-refractivity contribution in [2.45, 2.75) is 18.2 Å². The molecule has 82 valence electrons. The number of Topliss-reactive ketones (excluding diaryl/α,β-unsaturated/α-hetero) is 1. The third-order valence-corrected chi connectivity index (χ3v) is 2.58. The average molecular weight is 280 g/mol. The Labute approximate surface area is 102 Å². The molecule has 1 aromatic carbocycles. The highest BCUT2D eigenvalue weighted by Crippen LogP contribution is 2.17. The van der Waals surface area contributed by atoms with Gasteiger partial charge in [-0.25, -0.2) is 0 Å². The molecule has 0 N–H and O–H groups in total. The van der Waals surface area contributed by atoms with E-state index in [0.29, 0.717) is 23.0 Å². The number of alkyl halides is 1. The monoisotopic (exact) mass is 279 g/mol. The molecule has 0 heterocycles. The zero-order valence-corrected chi connectivity index (χ0v) is 10.3. The van der Waals surface area contributed by atoms with Gasteiger partial charge in [0.05, 0.1) is 17.3 Å². The van der Waals surface area contributed by atoms with Gasteiger partial charge < -0.3 is 0 Å². The molecule has 0 saturated heterocycles. The normalized spacial score (nSPS) is 11.6. The molecule has 1 atom stereocenters. The lowest BCUT2D eigenvalue weighted by atomic mass is 9.98. The fourth-order valence-electron chi connectivity index (χ4n) is 1.35. The van der Waals surface area contributed by atoms with Crippen LogP contribution in [0, 0.1) is 11.3 Å². The molecule has 0 aliphatic heterocycles. The Bertz CT molecular complexity index is 461. The molecule has 1 aromatic rings. The van der Waals surface area contributed by atoms with E-state index in [0.717, 1.165) is 0 Å². The summed E-state index contributed by atoms with van der Waals surface area (Å²) in [6.07, 6.45) is 0.853. The van der Waals surface area contributed by atoms with E-state index in [-0.39, 0.29) is 17.0 Å². The molecular weight excluding hydrogens is 270 g/mol. The lowest BCUT2D eigenvalue weighted by Gasteiger charge is -2.08. The van der Waals surface area contributed by atoms with E-state index in [4.69, 9.17) is 5.26 Å². The number of benzene rings is 1. The minimum Gasteiger partial charge on any atom is -0.298 e. The van der Waals surface area contributed by atoms with E-state index in [2.05, 4.69) is 15.9 Å². The highest BCUT2D eigenvalue weighted by molar-refractivity contribution is 9.10. The summed E-state index contributed by atoms with van der Waals surface area (Å²) in [7, 11) is 0. The number of ketones is 1. The molecule has 0 spiro atoms. The summed E-state index contributed by atoms with van der Waals surface area (Å²) < 4.78 is 0. The van der Waals surface area contributed by atoms with E-state index >= 15 is 0 Å². The Hall–Kier alpha value is -1.47. The van der Waals surface area contributed by atoms with Gasteiger partial charge in [-0.3, -0.25) is 9.59 Å². The molecule has 1 unspecified atom stereocenters. The molecule has 16 heavy (non-hydrogen) atoms. The summed E-state index contributed by atoms with van der Waals surface area (Å²) in [5.74, 6) is -0.117. The zero-order valence-electron chi connectivity index (χ0n) is 8.74. The quantitative estimate of drug-likeness (QED) is 0.483. The number of aldehydes is 1. The molecule has 0 radical (unpaired) electrons. The van der Waals surface area contributed by atoms with Crippen LogP contribution in [0.25, 0.3) is 0 Å². The number of rotatable bonds is 4. The summed E-state index contributed by atoms with van der Waals surface area (Å²) >= 11 is 3.19. The van der Waals surface area contributed by atoms with Crippen molar-refractivity contribution in [3.63, 3.8) is 0 Å². The number of nitriles is 1. The van der Waals surface area contributed by atoms with E-state index in [1.165, 1.54) is 6.07 Å². The number of carbonyl (C=O) groups is 2. The second kappa shape index (κ2) is 5.57. The molecule has 0 aromatic heterocycles. The van der Waals surface area contributed by atoms with Crippen LogP contribution in [0.5, 0.6) is 0 Å². The molecule has 0 bridgehead atoms. The fourth-order valence-corrected chi connectivity index (χ4v) is 1.60. The number of carbonyl (C=O) groups excluding carboxylic acids is 2. The van der Waals surface area contributed by atoms with Crippen LogP contribution in [-0.4, -0.2) is 16.9 Å². The van der Waals surface area contributed by atoms with Gasteiger partial charge in [0, 0.05) is 11.1 Å². The van der Waals surface area contributed by atoms with Gasteiger partial charge in [0.15, 0.2) is 5.78 Å². The molecule has 3 nitrogen and oxygen atoms in total. The maximum Gasteiger partial charge on any atom is 0.176 e. The molecule has 4 heteroatoms. The van der Waals surface area contributed by atoms with Crippen LogP contribution in [0.4, 0.5) is 0 Å². The second-order valence-corrected chi connectivity index (χ2v) is 4.72.